The zero-order valence-electron chi connectivity index (χ0n) is 20.5. The number of carbonyl (C=O) groups is 3. The summed E-state index contributed by atoms with van der Waals surface area (Å²) >= 11 is 1.56. The molecule has 3 aromatic rings. The van der Waals surface area contributed by atoms with Crippen molar-refractivity contribution in [3.63, 3.8) is 0 Å². The second-order valence-electron chi connectivity index (χ2n) is 9.47. The van der Waals surface area contributed by atoms with E-state index in [-0.39, 0.29) is 23.3 Å². The van der Waals surface area contributed by atoms with E-state index in [9.17, 15) is 14.4 Å². The Morgan fingerprint density at radius 2 is 1.87 bits per heavy atom. The fourth-order valence-electron chi connectivity index (χ4n) is 4.73. The molecule has 2 fully saturated rings. The van der Waals surface area contributed by atoms with Crippen molar-refractivity contribution in [2.45, 2.75) is 42.1 Å². The summed E-state index contributed by atoms with van der Waals surface area (Å²) in [6.45, 7) is 4.00. The lowest BCUT2D eigenvalue weighted by atomic mass is 9.95. The van der Waals surface area contributed by atoms with Crippen LogP contribution in [0.2, 0.25) is 0 Å². The van der Waals surface area contributed by atoms with E-state index in [1.165, 1.54) is 0 Å². The third kappa shape index (κ3) is 4.65. The molecular weight excluding hydrogens is 508 g/mol. The van der Waals surface area contributed by atoms with Gasteiger partial charge in [-0.05, 0) is 54.1 Å². The number of aromatic nitrogens is 4. The Morgan fingerprint density at radius 3 is 2.50 bits per heavy atom. The molecule has 196 valence electrons. The number of hydrogen-bond donors (Lipinski definition) is 6. The Morgan fingerprint density at radius 1 is 1.16 bits per heavy atom. The first-order valence-corrected chi connectivity index (χ1v) is 12.6. The summed E-state index contributed by atoms with van der Waals surface area (Å²) < 4.78 is -0.391. The Labute approximate surface area is 221 Å². The van der Waals surface area contributed by atoms with Gasteiger partial charge in [0.1, 0.15) is 23.5 Å². The van der Waals surface area contributed by atoms with E-state index in [1.807, 2.05) is 19.9 Å². The van der Waals surface area contributed by atoms with E-state index in [2.05, 4.69) is 36.6 Å². The number of nitrogens with zero attached hydrogens (tertiary/aromatic N) is 4. The molecule has 0 saturated carbocycles. The number of fused-ring (bicyclic) bond motifs is 1. The lowest BCUT2D eigenvalue weighted by Crippen LogP contribution is -2.68. The molecule has 38 heavy (non-hydrogen) atoms. The monoisotopic (exact) mass is 534 g/mol. The highest BCUT2D eigenvalue weighted by molar-refractivity contribution is 8.01. The molecule has 4 atom stereocenters. The molecule has 0 aliphatic carbocycles. The number of anilines is 1. The summed E-state index contributed by atoms with van der Waals surface area (Å²) in [6.07, 6.45) is 0. The maximum atomic E-state index is 13.5. The number of hydrogen-bond acceptors (Lipinski definition) is 8. The highest BCUT2D eigenvalue weighted by Crippen LogP contribution is 2.56. The number of benzene rings is 2. The second kappa shape index (κ2) is 9.78. The van der Waals surface area contributed by atoms with Crippen LogP contribution in [-0.4, -0.2) is 65.4 Å². The van der Waals surface area contributed by atoms with E-state index >= 15 is 0 Å². The Bertz CT molecular complexity index is 1360. The maximum absolute atomic E-state index is 13.5. The van der Waals surface area contributed by atoms with Crippen molar-refractivity contribution in [2.24, 2.45) is 5.73 Å². The lowest BCUT2D eigenvalue weighted by molar-refractivity contribution is -0.152. The van der Waals surface area contributed by atoms with Gasteiger partial charge in [0.15, 0.2) is 11.8 Å². The average molecular weight is 535 g/mol. The Balaban J connectivity index is 1.32. The van der Waals surface area contributed by atoms with Crippen molar-refractivity contribution in [3.8, 4) is 0 Å². The molecule has 2 aromatic carbocycles. The quantitative estimate of drug-likeness (QED) is 0.145. The van der Waals surface area contributed by atoms with Gasteiger partial charge in [-0.15, -0.1) is 16.9 Å². The van der Waals surface area contributed by atoms with Crippen LogP contribution < -0.4 is 21.7 Å². The number of amides is 3. The van der Waals surface area contributed by atoms with Crippen LogP contribution in [0.4, 0.5) is 5.69 Å². The molecule has 5 rings (SSSR count). The van der Waals surface area contributed by atoms with Crippen molar-refractivity contribution in [1.29, 1.82) is 5.41 Å². The molecule has 0 bridgehead atoms. The largest absolute Gasteiger partial charge is 0.370 e. The van der Waals surface area contributed by atoms with Gasteiger partial charge in [-0.25, -0.2) is 5.10 Å². The number of rotatable bonds is 7. The molecule has 1 aromatic heterocycles. The number of nitrogens with two attached hydrogens (primary N) is 1. The number of nitrogens with one attached hydrogen (secondary N) is 5. The van der Waals surface area contributed by atoms with Crippen molar-refractivity contribution in [1.82, 2.24) is 36.2 Å². The number of β-lactam (4-membered cyclic amide) rings is 1. The van der Waals surface area contributed by atoms with Crippen molar-refractivity contribution in [2.75, 3.05) is 5.32 Å². The number of H-pyrrole nitrogens is 1. The van der Waals surface area contributed by atoms with E-state index in [0.29, 0.717) is 22.6 Å². The van der Waals surface area contributed by atoms with E-state index < -0.39 is 28.6 Å². The number of aromatic amines is 1. The van der Waals surface area contributed by atoms with Crippen LogP contribution in [0.3, 0.4) is 0 Å². The van der Waals surface area contributed by atoms with Gasteiger partial charge in [0, 0.05) is 16.0 Å². The normalized spacial score (nSPS) is 22.1. The molecular formula is C24H26N10O3S. The zero-order valence-corrected chi connectivity index (χ0v) is 21.3. The van der Waals surface area contributed by atoms with Gasteiger partial charge in [-0.1, -0.05) is 30.3 Å². The first-order chi connectivity index (χ1) is 18.2. The number of tetrazole rings is 1. The van der Waals surface area contributed by atoms with Crippen molar-refractivity contribution < 1.29 is 14.4 Å². The summed E-state index contributed by atoms with van der Waals surface area (Å²) in [7, 11) is 0. The molecule has 2 aliphatic rings. The van der Waals surface area contributed by atoms with E-state index in [4.69, 9.17) is 11.1 Å². The van der Waals surface area contributed by atoms with Crippen LogP contribution in [-0.2, 0) is 9.59 Å². The van der Waals surface area contributed by atoms with Crippen LogP contribution in [0.1, 0.15) is 47.7 Å². The predicted octanol–water partition coefficient (Wildman–Crippen LogP) is 0.896. The lowest BCUT2D eigenvalue weighted by Gasteiger charge is -2.44. The third-order valence-electron chi connectivity index (χ3n) is 6.46. The number of thioether (sulfide) groups is 1. The molecule has 3 amide bonds. The van der Waals surface area contributed by atoms with E-state index in [0.717, 1.165) is 0 Å². The van der Waals surface area contributed by atoms with Gasteiger partial charge in [0.05, 0.1) is 0 Å². The van der Waals surface area contributed by atoms with Crippen LogP contribution in [0, 0.1) is 5.41 Å². The predicted molar refractivity (Wildman–Crippen MR) is 140 cm³/mol. The van der Waals surface area contributed by atoms with Crippen molar-refractivity contribution in [3.05, 3.63) is 71.5 Å². The summed E-state index contributed by atoms with van der Waals surface area (Å²) in [5.41, 5.74) is 6.78. The summed E-state index contributed by atoms with van der Waals surface area (Å²) in [6, 6.07) is 13.0. The molecule has 13 nitrogen and oxygen atoms in total. The van der Waals surface area contributed by atoms with Gasteiger partial charge < -0.3 is 26.6 Å². The Kier molecular flexibility index (Phi) is 6.48. The SMILES string of the molecule is CC1(C)S[C@H]2C(NC(=O)C(NC(=O)c3ccc(NC(=N)N)cc3)c3ccccc3)C(=O)N2C1c1nnn[nH]1. The molecule has 2 saturated heterocycles. The molecule has 7 N–H and O–H groups in total. The summed E-state index contributed by atoms with van der Waals surface area (Å²) in [5.74, 6) is -0.948. The fraction of sp³-hybridized carbons (Fsp3) is 0.292. The summed E-state index contributed by atoms with van der Waals surface area (Å²) in [5, 5.41) is 29.3. The molecule has 2 aliphatic heterocycles. The minimum absolute atomic E-state index is 0.222. The van der Waals surface area contributed by atoms with Crippen LogP contribution >= 0.6 is 11.8 Å². The standard InChI is InChI=1S/C24H26N10O3S/c1-24(2)17(18-30-32-33-31-18)34-21(37)16(22(34)38-24)29-20(36)15(12-6-4-3-5-7-12)28-19(35)13-8-10-14(11-9-13)27-23(25)26/h3-11,15-17,22H,1-2H3,(H,28,35)(H,29,36)(H4,25,26,27)(H,30,31,32,33)/t15?,16?,17?,22-/m0/s1. The second-order valence-corrected chi connectivity index (χ2v) is 11.2. The maximum Gasteiger partial charge on any atom is 0.252 e. The van der Waals surface area contributed by atoms with Crippen LogP contribution in [0.5, 0.6) is 0 Å². The van der Waals surface area contributed by atoms with Gasteiger partial charge in [0.2, 0.25) is 11.8 Å². The highest BCUT2D eigenvalue weighted by atomic mass is 32.2. The topological polar surface area (TPSA) is 195 Å². The molecule has 3 unspecified atom stereocenters. The van der Waals surface area contributed by atoms with Gasteiger partial charge in [0.25, 0.3) is 5.91 Å². The average Bonchev–Trinajstić information content (AvgIpc) is 3.50. The summed E-state index contributed by atoms with van der Waals surface area (Å²) in [4.78, 5) is 41.4. The smallest absolute Gasteiger partial charge is 0.252 e. The van der Waals surface area contributed by atoms with Gasteiger partial charge in [-0.3, -0.25) is 19.8 Å². The van der Waals surface area contributed by atoms with Crippen LogP contribution in [0.15, 0.2) is 54.6 Å². The minimum atomic E-state index is -1.03. The molecule has 14 heteroatoms. The third-order valence-corrected chi connectivity index (χ3v) is 8.03. The fourth-order valence-corrected chi connectivity index (χ4v) is 6.37. The number of guanidine groups is 1. The first-order valence-electron chi connectivity index (χ1n) is 11.8. The van der Waals surface area contributed by atoms with Crippen molar-refractivity contribution >= 4 is 41.1 Å². The van der Waals surface area contributed by atoms with Gasteiger partial charge in [-0.2, -0.15) is 0 Å². The first kappa shape index (κ1) is 25.2. The van der Waals surface area contributed by atoms with Gasteiger partial charge >= 0.3 is 0 Å². The molecule has 0 spiro atoms. The van der Waals surface area contributed by atoms with E-state index in [1.54, 1.807) is 65.2 Å². The Hall–Kier alpha value is -4.46. The number of carbonyl (C=O) groups excluding carboxylic acids is 3. The van der Waals surface area contributed by atoms with Crippen LogP contribution in [0.25, 0.3) is 0 Å². The highest BCUT2D eigenvalue weighted by Gasteiger charge is 2.63. The molecule has 3 heterocycles. The molecule has 0 radical (unpaired) electrons. The zero-order chi connectivity index (χ0) is 27.0. The minimum Gasteiger partial charge on any atom is -0.370 e.